The van der Waals surface area contributed by atoms with E-state index in [1.807, 2.05) is 41.8 Å². The Bertz CT molecular complexity index is 923. The highest BCUT2D eigenvalue weighted by atomic mass is 19.3. The van der Waals surface area contributed by atoms with E-state index in [2.05, 4.69) is 10.4 Å². The van der Waals surface area contributed by atoms with Gasteiger partial charge in [-0.05, 0) is 31.0 Å². The van der Waals surface area contributed by atoms with Crippen LogP contribution < -0.4 is 15.8 Å². The minimum Gasteiger partial charge on any atom is -0.368 e. The third kappa shape index (κ3) is 5.60. The summed E-state index contributed by atoms with van der Waals surface area (Å²) in [6.45, 7) is 6.07. The molecular formula is C20H25F2N5O2. The Morgan fingerprint density at radius 3 is 2.55 bits per heavy atom. The number of alkyl halides is 2. The lowest BCUT2D eigenvalue weighted by atomic mass is 10.1. The molecule has 3 rings (SSSR count). The quantitative estimate of drug-likeness (QED) is 0.795. The van der Waals surface area contributed by atoms with Crippen LogP contribution in [0.4, 0.5) is 20.2 Å². The normalized spacial score (nSPS) is 15.0. The zero-order valence-electron chi connectivity index (χ0n) is 16.6. The molecule has 0 unspecified atom stereocenters. The van der Waals surface area contributed by atoms with Crippen LogP contribution in [0.2, 0.25) is 0 Å². The fraction of sp³-hybridized carbons (Fsp3) is 0.450. The van der Waals surface area contributed by atoms with Crippen LogP contribution in [0.3, 0.4) is 0 Å². The molecule has 1 N–H and O–H groups in total. The summed E-state index contributed by atoms with van der Waals surface area (Å²) in [6, 6.07) is 7.27. The molecule has 29 heavy (non-hydrogen) atoms. The maximum atomic E-state index is 12.4. The van der Waals surface area contributed by atoms with Crippen molar-refractivity contribution in [3.05, 3.63) is 51.9 Å². The summed E-state index contributed by atoms with van der Waals surface area (Å²) >= 11 is 0. The van der Waals surface area contributed by atoms with Crippen molar-refractivity contribution in [1.29, 1.82) is 0 Å². The molecule has 9 heteroatoms. The standard InChI is InChI=1S/C20H25F2N5O2/c1-14-3-4-15(2)17(9-14)24-19(28)13-25-5-7-26(8-6-25)16-10-20(29)27(23-11-16)12-18(21)22/h3-4,9-11,18H,5-8,12-13H2,1-2H3,(H,24,28). The van der Waals surface area contributed by atoms with Crippen LogP contribution in [0.1, 0.15) is 11.1 Å². The van der Waals surface area contributed by atoms with Crippen LogP contribution in [0.5, 0.6) is 0 Å². The monoisotopic (exact) mass is 405 g/mol. The number of benzene rings is 1. The second kappa shape index (κ2) is 9.13. The zero-order chi connectivity index (χ0) is 21.0. The number of nitrogens with one attached hydrogen (secondary N) is 1. The first-order valence-electron chi connectivity index (χ1n) is 9.51. The Morgan fingerprint density at radius 1 is 1.17 bits per heavy atom. The van der Waals surface area contributed by atoms with Gasteiger partial charge in [-0.3, -0.25) is 14.5 Å². The number of amides is 1. The van der Waals surface area contributed by atoms with Gasteiger partial charge in [-0.25, -0.2) is 13.5 Å². The summed E-state index contributed by atoms with van der Waals surface area (Å²) in [5.74, 6) is -0.0663. The van der Waals surface area contributed by atoms with Crippen LogP contribution >= 0.6 is 0 Å². The van der Waals surface area contributed by atoms with Crippen molar-refractivity contribution < 1.29 is 13.6 Å². The molecule has 1 fully saturated rings. The highest BCUT2D eigenvalue weighted by Crippen LogP contribution is 2.17. The number of hydrogen-bond donors (Lipinski definition) is 1. The topological polar surface area (TPSA) is 70.5 Å². The van der Waals surface area contributed by atoms with E-state index in [9.17, 15) is 18.4 Å². The minimum absolute atomic E-state index is 0.0663. The van der Waals surface area contributed by atoms with E-state index in [0.717, 1.165) is 21.5 Å². The molecule has 7 nitrogen and oxygen atoms in total. The first-order chi connectivity index (χ1) is 13.8. The van der Waals surface area contributed by atoms with Gasteiger partial charge in [-0.15, -0.1) is 0 Å². The number of carbonyl (C=O) groups is 1. The molecule has 1 aliphatic heterocycles. The molecular weight excluding hydrogens is 380 g/mol. The zero-order valence-corrected chi connectivity index (χ0v) is 16.6. The molecule has 0 aliphatic carbocycles. The summed E-state index contributed by atoms with van der Waals surface area (Å²) in [7, 11) is 0. The minimum atomic E-state index is -2.62. The molecule has 0 bridgehead atoms. The Balaban J connectivity index is 1.52. The lowest BCUT2D eigenvalue weighted by Gasteiger charge is -2.35. The van der Waals surface area contributed by atoms with Crippen LogP contribution in [0.25, 0.3) is 0 Å². The van der Waals surface area contributed by atoms with Crippen LogP contribution in [0.15, 0.2) is 35.3 Å². The lowest BCUT2D eigenvalue weighted by molar-refractivity contribution is -0.117. The smallest absolute Gasteiger partial charge is 0.269 e. The Labute approximate surface area is 167 Å². The Morgan fingerprint density at radius 2 is 1.90 bits per heavy atom. The van der Waals surface area contributed by atoms with Crippen LogP contribution in [-0.4, -0.2) is 59.7 Å². The van der Waals surface area contributed by atoms with Crippen molar-refractivity contribution in [1.82, 2.24) is 14.7 Å². The van der Waals surface area contributed by atoms with Crippen molar-refractivity contribution >= 4 is 17.3 Å². The van der Waals surface area contributed by atoms with E-state index < -0.39 is 18.5 Å². The molecule has 1 aromatic carbocycles. The molecule has 0 radical (unpaired) electrons. The molecule has 1 amide bonds. The van der Waals surface area contributed by atoms with Gasteiger partial charge in [0, 0.05) is 37.9 Å². The average molecular weight is 405 g/mol. The molecule has 2 aromatic rings. The second-order valence-corrected chi connectivity index (χ2v) is 7.25. The largest absolute Gasteiger partial charge is 0.368 e. The Hall–Kier alpha value is -2.81. The summed E-state index contributed by atoms with van der Waals surface area (Å²) in [5.41, 5.74) is 2.99. The van der Waals surface area contributed by atoms with Gasteiger partial charge >= 0.3 is 0 Å². The number of carbonyl (C=O) groups excluding carboxylic acids is 1. The summed E-state index contributed by atoms with van der Waals surface area (Å²) in [5, 5.41) is 6.79. The number of rotatable bonds is 6. The molecule has 1 aliphatic rings. The van der Waals surface area contributed by atoms with E-state index in [1.54, 1.807) is 0 Å². The highest BCUT2D eigenvalue weighted by Gasteiger charge is 2.20. The van der Waals surface area contributed by atoms with Crippen molar-refractivity contribution in [2.75, 3.05) is 42.9 Å². The fourth-order valence-electron chi connectivity index (χ4n) is 3.29. The maximum Gasteiger partial charge on any atom is 0.269 e. The number of anilines is 2. The number of piperazine rings is 1. The predicted molar refractivity (Wildman–Crippen MR) is 108 cm³/mol. The summed E-state index contributed by atoms with van der Waals surface area (Å²) < 4.78 is 25.6. The average Bonchev–Trinajstić information content (AvgIpc) is 2.66. The number of aromatic nitrogens is 2. The number of hydrogen-bond acceptors (Lipinski definition) is 5. The maximum absolute atomic E-state index is 12.4. The number of halogens is 2. The second-order valence-electron chi connectivity index (χ2n) is 7.25. The van der Waals surface area contributed by atoms with Gasteiger partial charge in [-0.2, -0.15) is 5.10 Å². The first-order valence-corrected chi connectivity index (χ1v) is 9.51. The third-order valence-electron chi connectivity index (χ3n) is 4.94. The van der Waals surface area contributed by atoms with Crippen molar-refractivity contribution in [2.45, 2.75) is 26.8 Å². The van der Waals surface area contributed by atoms with E-state index in [4.69, 9.17) is 0 Å². The molecule has 0 atom stereocenters. The number of nitrogens with zero attached hydrogens (tertiary/aromatic N) is 4. The Kier molecular flexibility index (Phi) is 6.58. The summed E-state index contributed by atoms with van der Waals surface area (Å²) in [4.78, 5) is 28.3. The van der Waals surface area contributed by atoms with E-state index >= 15 is 0 Å². The molecule has 1 aromatic heterocycles. The summed E-state index contributed by atoms with van der Waals surface area (Å²) in [6.07, 6.45) is -1.18. The third-order valence-corrected chi connectivity index (χ3v) is 4.94. The van der Waals surface area contributed by atoms with Gasteiger partial charge in [0.15, 0.2) is 0 Å². The molecule has 0 saturated carbocycles. The molecule has 2 heterocycles. The van der Waals surface area contributed by atoms with Gasteiger partial charge in [0.2, 0.25) is 5.91 Å². The van der Waals surface area contributed by atoms with Gasteiger partial charge in [0.1, 0.15) is 6.54 Å². The van der Waals surface area contributed by atoms with Gasteiger partial charge in [0.25, 0.3) is 12.0 Å². The van der Waals surface area contributed by atoms with Gasteiger partial charge < -0.3 is 10.2 Å². The molecule has 0 spiro atoms. The van der Waals surface area contributed by atoms with Crippen LogP contribution in [-0.2, 0) is 11.3 Å². The fourth-order valence-corrected chi connectivity index (χ4v) is 3.29. The van der Waals surface area contributed by atoms with Gasteiger partial charge in [-0.1, -0.05) is 12.1 Å². The van der Waals surface area contributed by atoms with Crippen molar-refractivity contribution in [3.63, 3.8) is 0 Å². The van der Waals surface area contributed by atoms with Crippen molar-refractivity contribution in [2.24, 2.45) is 0 Å². The van der Waals surface area contributed by atoms with E-state index in [0.29, 0.717) is 31.9 Å². The van der Waals surface area contributed by atoms with Crippen molar-refractivity contribution in [3.8, 4) is 0 Å². The number of aryl methyl sites for hydroxylation is 2. The van der Waals surface area contributed by atoms with E-state index in [-0.39, 0.29) is 12.5 Å². The SMILES string of the molecule is Cc1ccc(C)c(NC(=O)CN2CCN(c3cnn(CC(F)F)c(=O)c3)CC2)c1. The lowest BCUT2D eigenvalue weighted by Crippen LogP contribution is -2.49. The van der Waals surface area contributed by atoms with E-state index in [1.165, 1.54) is 12.3 Å². The predicted octanol–water partition coefficient (Wildman–Crippen LogP) is 1.89. The first kappa shape index (κ1) is 20.9. The highest BCUT2D eigenvalue weighted by molar-refractivity contribution is 5.93. The molecule has 156 valence electrons. The molecule has 1 saturated heterocycles. The van der Waals surface area contributed by atoms with Crippen LogP contribution in [0, 0.1) is 13.8 Å². The van der Waals surface area contributed by atoms with Gasteiger partial charge in [0.05, 0.1) is 18.4 Å².